The van der Waals surface area contributed by atoms with E-state index in [-0.39, 0.29) is 13.2 Å². The van der Waals surface area contributed by atoms with E-state index in [4.69, 9.17) is 5.26 Å². The lowest BCUT2D eigenvalue weighted by Crippen LogP contribution is -2.42. The number of ether oxygens (including phenoxy) is 1. The lowest BCUT2D eigenvalue weighted by atomic mass is 10.1. The van der Waals surface area contributed by atoms with Gasteiger partial charge in [0.15, 0.2) is 6.61 Å². The largest absolute Gasteiger partial charge is 0.439 e. The summed E-state index contributed by atoms with van der Waals surface area (Å²) in [5.41, 5.74) is -0.403. The van der Waals surface area contributed by atoms with Gasteiger partial charge in [0.05, 0.1) is 6.07 Å². The molecule has 84 valence electrons. The summed E-state index contributed by atoms with van der Waals surface area (Å²) in [5, 5.41) is 12.9. The van der Waals surface area contributed by atoms with Crippen LogP contribution in [-0.4, -0.2) is 30.7 Å². The summed E-state index contributed by atoms with van der Waals surface area (Å²) in [6.45, 7) is 4.91. The zero-order valence-electron chi connectivity index (χ0n) is 9.09. The lowest BCUT2D eigenvalue weighted by molar-refractivity contribution is -0.123. The summed E-state index contributed by atoms with van der Waals surface area (Å²) in [7, 11) is 0. The smallest absolute Gasteiger partial charge is 0.408 e. The quantitative estimate of drug-likeness (QED) is 0.653. The molecule has 2 amide bonds. The van der Waals surface area contributed by atoms with Crippen LogP contribution >= 0.6 is 0 Å². The van der Waals surface area contributed by atoms with Crippen molar-refractivity contribution in [2.24, 2.45) is 0 Å². The van der Waals surface area contributed by atoms with Crippen molar-refractivity contribution < 1.29 is 14.3 Å². The molecular formula is C9H15N3O3. The molecule has 6 nitrogen and oxygen atoms in total. The zero-order valence-corrected chi connectivity index (χ0v) is 9.09. The zero-order chi connectivity index (χ0) is 11.9. The van der Waals surface area contributed by atoms with Crippen molar-refractivity contribution in [1.29, 1.82) is 5.26 Å². The first-order valence-electron chi connectivity index (χ1n) is 4.44. The van der Waals surface area contributed by atoms with Gasteiger partial charge in [0.25, 0.3) is 5.91 Å². The minimum Gasteiger partial charge on any atom is -0.439 e. The molecule has 0 atom stereocenters. The van der Waals surface area contributed by atoms with E-state index in [1.54, 1.807) is 26.8 Å². The van der Waals surface area contributed by atoms with Gasteiger partial charge in [-0.1, -0.05) is 0 Å². The average Bonchev–Trinajstić information content (AvgIpc) is 2.08. The molecule has 15 heavy (non-hydrogen) atoms. The van der Waals surface area contributed by atoms with E-state index in [0.717, 1.165) is 0 Å². The van der Waals surface area contributed by atoms with Gasteiger partial charge in [0.1, 0.15) is 6.54 Å². The molecule has 2 N–H and O–H groups in total. The highest BCUT2D eigenvalue weighted by Gasteiger charge is 2.15. The summed E-state index contributed by atoms with van der Waals surface area (Å²) >= 11 is 0. The van der Waals surface area contributed by atoms with Crippen LogP contribution < -0.4 is 10.6 Å². The molecule has 0 radical (unpaired) electrons. The Kier molecular flexibility index (Phi) is 5.16. The maximum Gasteiger partial charge on any atom is 0.408 e. The number of nitriles is 1. The Morgan fingerprint density at radius 3 is 2.47 bits per heavy atom. The van der Waals surface area contributed by atoms with Gasteiger partial charge in [0, 0.05) is 5.54 Å². The molecule has 0 spiro atoms. The Morgan fingerprint density at radius 1 is 1.40 bits per heavy atom. The Labute approximate surface area is 88.6 Å². The van der Waals surface area contributed by atoms with E-state index in [1.807, 2.05) is 0 Å². The van der Waals surface area contributed by atoms with Gasteiger partial charge >= 0.3 is 6.09 Å². The van der Waals surface area contributed by atoms with Crippen LogP contribution in [0.15, 0.2) is 0 Å². The fourth-order valence-electron chi connectivity index (χ4n) is 0.663. The monoisotopic (exact) mass is 213 g/mol. The molecule has 0 unspecified atom stereocenters. The third kappa shape index (κ3) is 8.56. The van der Waals surface area contributed by atoms with E-state index < -0.39 is 17.5 Å². The highest BCUT2D eigenvalue weighted by Crippen LogP contribution is 1.98. The average molecular weight is 213 g/mol. The molecule has 0 bridgehead atoms. The predicted octanol–water partition coefficient (Wildman–Crippen LogP) is 0.151. The van der Waals surface area contributed by atoms with Gasteiger partial charge in [-0.05, 0) is 20.8 Å². The molecule has 0 aliphatic heterocycles. The molecule has 0 fully saturated rings. The van der Waals surface area contributed by atoms with Crippen LogP contribution in [0.1, 0.15) is 20.8 Å². The number of amides is 2. The second-order valence-electron chi connectivity index (χ2n) is 3.89. The van der Waals surface area contributed by atoms with Crippen molar-refractivity contribution in [2.45, 2.75) is 26.3 Å². The van der Waals surface area contributed by atoms with Gasteiger partial charge in [-0.15, -0.1) is 0 Å². The van der Waals surface area contributed by atoms with Crippen molar-refractivity contribution in [3.63, 3.8) is 0 Å². The first-order valence-corrected chi connectivity index (χ1v) is 4.44. The van der Waals surface area contributed by atoms with Crippen molar-refractivity contribution >= 4 is 12.0 Å². The predicted molar refractivity (Wildman–Crippen MR) is 52.9 cm³/mol. The highest BCUT2D eigenvalue weighted by atomic mass is 16.6. The van der Waals surface area contributed by atoms with Crippen LogP contribution in [0.25, 0.3) is 0 Å². The van der Waals surface area contributed by atoms with Crippen LogP contribution in [0.4, 0.5) is 4.79 Å². The Balaban J connectivity index is 3.73. The number of carbonyl (C=O) groups excluding carboxylic acids is 2. The SMILES string of the molecule is CC(C)(C)NC(=O)OCC(=O)NCC#N. The van der Waals surface area contributed by atoms with E-state index >= 15 is 0 Å². The molecular weight excluding hydrogens is 198 g/mol. The van der Waals surface area contributed by atoms with Gasteiger partial charge in [-0.2, -0.15) is 5.26 Å². The molecule has 0 saturated heterocycles. The van der Waals surface area contributed by atoms with E-state index in [9.17, 15) is 9.59 Å². The van der Waals surface area contributed by atoms with Crippen molar-refractivity contribution in [2.75, 3.05) is 13.2 Å². The fourth-order valence-corrected chi connectivity index (χ4v) is 0.663. The van der Waals surface area contributed by atoms with Crippen LogP contribution in [0.2, 0.25) is 0 Å². The van der Waals surface area contributed by atoms with Crippen LogP contribution in [-0.2, 0) is 9.53 Å². The van der Waals surface area contributed by atoms with Gasteiger partial charge in [0.2, 0.25) is 0 Å². The number of nitrogens with one attached hydrogen (secondary N) is 2. The van der Waals surface area contributed by atoms with E-state index in [2.05, 4.69) is 15.4 Å². The standard InChI is InChI=1S/C9H15N3O3/c1-9(2,3)12-8(14)15-6-7(13)11-5-4-10/h5-6H2,1-3H3,(H,11,13)(H,12,14). The molecule has 0 aliphatic carbocycles. The van der Waals surface area contributed by atoms with Crippen molar-refractivity contribution in [1.82, 2.24) is 10.6 Å². The number of rotatable bonds is 3. The van der Waals surface area contributed by atoms with Crippen LogP contribution in [0.3, 0.4) is 0 Å². The molecule has 0 rings (SSSR count). The summed E-state index contributed by atoms with van der Waals surface area (Å²) in [5.74, 6) is -0.499. The maximum absolute atomic E-state index is 11.1. The summed E-state index contributed by atoms with van der Waals surface area (Å²) < 4.78 is 4.61. The molecule has 0 aromatic heterocycles. The summed E-state index contributed by atoms with van der Waals surface area (Å²) in [6.07, 6.45) is -0.658. The third-order valence-corrected chi connectivity index (χ3v) is 1.18. The Hall–Kier alpha value is -1.77. The number of carbonyl (C=O) groups is 2. The molecule has 0 aromatic carbocycles. The van der Waals surface area contributed by atoms with Crippen molar-refractivity contribution in [3.8, 4) is 6.07 Å². The van der Waals surface area contributed by atoms with Crippen molar-refractivity contribution in [3.05, 3.63) is 0 Å². The topological polar surface area (TPSA) is 91.2 Å². The minimum absolute atomic E-state index is 0.0942. The molecule has 0 saturated carbocycles. The summed E-state index contributed by atoms with van der Waals surface area (Å²) in [6, 6.07) is 1.74. The van der Waals surface area contributed by atoms with Gasteiger partial charge in [-0.3, -0.25) is 4.79 Å². The number of hydrogen-bond acceptors (Lipinski definition) is 4. The highest BCUT2D eigenvalue weighted by molar-refractivity contribution is 5.80. The second kappa shape index (κ2) is 5.86. The number of hydrogen-bond donors (Lipinski definition) is 2. The normalized spacial score (nSPS) is 10.0. The Morgan fingerprint density at radius 2 is 2.00 bits per heavy atom. The fraction of sp³-hybridized carbons (Fsp3) is 0.667. The van der Waals surface area contributed by atoms with Crippen LogP contribution in [0, 0.1) is 11.3 Å². The number of alkyl carbamates (subject to hydrolysis) is 1. The first-order chi connectivity index (χ1) is 6.85. The Bertz CT molecular complexity index is 275. The van der Waals surface area contributed by atoms with E-state index in [0.29, 0.717) is 0 Å². The third-order valence-electron chi connectivity index (χ3n) is 1.18. The van der Waals surface area contributed by atoms with Gasteiger partial charge < -0.3 is 15.4 Å². The number of nitrogens with zero attached hydrogens (tertiary/aromatic N) is 1. The summed E-state index contributed by atoms with van der Waals surface area (Å²) in [4.78, 5) is 22.0. The molecule has 0 aliphatic rings. The molecule has 6 heteroatoms. The first kappa shape index (κ1) is 13.2. The second-order valence-corrected chi connectivity index (χ2v) is 3.89. The molecule has 0 heterocycles. The molecule has 0 aromatic rings. The minimum atomic E-state index is -0.658. The van der Waals surface area contributed by atoms with Crippen LogP contribution in [0.5, 0.6) is 0 Å². The van der Waals surface area contributed by atoms with E-state index in [1.165, 1.54) is 0 Å². The lowest BCUT2D eigenvalue weighted by Gasteiger charge is -2.19. The van der Waals surface area contributed by atoms with Gasteiger partial charge in [-0.25, -0.2) is 4.79 Å². The maximum atomic E-state index is 11.1.